The minimum atomic E-state index is 0. The summed E-state index contributed by atoms with van der Waals surface area (Å²) in [5.41, 5.74) is 6.68. The molecule has 0 N–H and O–H groups in total. The van der Waals surface area contributed by atoms with Crippen LogP contribution >= 0.6 is 12.4 Å². The van der Waals surface area contributed by atoms with Crippen molar-refractivity contribution in [3.05, 3.63) is 71.4 Å². The van der Waals surface area contributed by atoms with E-state index >= 15 is 0 Å². The third-order valence-corrected chi connectivity index (χ3v) is 4.79. The van der Waals surface area contributed by atoms with Crippen LogP contribution in [0.5, 0.6) is 5.88 Å². The first-order valence-electron chi connectivity index (χ1n) is 9.32. The molecule has 4 rings (SSSR count). The molecule has 0 aromatic carbocycles. The van der Waals surface area contributed by atoms with Crippen LogP contribution in [0.25, 0.3) is 11.1 Å². The first kappa shape index (κ1) is 20.2. The number of aryl methyl sites for hydroxylation is 1. The van der Waals surface area contributed by atoms with Gasteiger partial charge >= 0.3 is 0 Å². The maximum Gasteiger partial charge on any atom is 0.214 e. The van der Waals surface area contributed by atoms with Crippen molar-refractivity contribution in [1.29, 1.82) is 0 Å². The Labute approximate surface area is 171 Å². The molecule has 0 amide bonds. The molecular weight excluding hydrogens is 374 g/mol. The fourth-order valence-electron chi connectivity index (χ4n) is 3.52. The van der Waals surface area contributed by atoms with Gasteiger partial charge in [-0.2, -0.15) is 0 Å². The molecule has 3 aromatic rings. The molecule has 0 unspecified atom stereocenters. The monoisotopic (exact) mass is 397 g/mol. The van der Waals surface area contributed by atoms with E-state index in [9.17, 15) is 0 Å². The molecular formula is C22H24ClN3O2. The fourth-order valence-corrected chi connectivity index (χ4v) is 3.52. The number of ether oxygens (including phenoxy) is 2. The molecule has 1 aliphatic rings. The van der Waals surface area contributed by atoms with Gasteiger partial charge < -0.3 is 9.47 Å². The van der Waals surface area contributed by atoms with Crippen molar-refractivity contribution in [2.75, 3.05) is 7.11 Å². The van der Waals surface area contributed by atoms with Crippen LogP contribution in [0.15, 0.2) is 48.9 Å². The van der Waals surface area contributed by atoms with Gasteiger partial charge in [0.1, 0.15) is 6.61 Å². The molecule has 0 atom stereocenters. The summed E-state index contributed by atoms with van der Waals surface area (Å²) in [5, 5.41) is 0. The summed E-state index contributed by atoms with van der Waals surface area (Å²) in [6.07, 6.45) is 9.94. The van der Waals surface area contributed by atoms with E-state index in [1.807, 2.05) is 36.7 Å². The highest BCUT2D eigenvalue weighted by atomic mass is 35.5. The van der Waals surface area contributed by atoms with Gasteiger partial charge in [-0.25, -0.2) is 4.98 Å². The second-order valence-corrected chi connectivity index (χ2v) is 6.77. The number of hydrogen-bond donors (Lipinski definition) is 0. The molecule has 5 nitrogen and oxygen atoms in total. The Morgan fingerprint density at radius 3 is 2.75 bits per heavy atom. The minimum Gasteiger partial charge on any atom is -0.471 e. The van der Waals surface area contributed by atoms with Crippen LogP contribution < -0.4 is 4.74 Å². The van der Waals surface area contributed by atoms with Crippen molar-refractivity contribution in [2.24, 2.45) is 0 Å². The van der Waals surface area contributed by atoms with Crippen molar-refractivity contribution in [1.82, 2.24) is 15.0 Å². The predicted molar refractivity (Wildman–Crippen MR) is 111 cm³/mol. The number of rotatable bonds is 6. The molecule has 3 heterocycles. The lowest BCUT2D eigenvalue weighted by molar-refractivity contribution is 0.184. The van der Waals surface area contributed by atoms with Crippen LogP contribution in [-0.2, 0) is 30.8 Å². The normalized spacial score (nSPS) is 12.8. The summed E-state index contributed by atoms with van der Waals surface area (Å²) >= 11 is 0. The Hall–Kier alpha value is -2.50. The number of hydrogen-bond acceptors (Lipinski definition) is 5. The minimum absolute atomic E-state index is 0. The van der Waals surface area contributed by atoms with Crippen molar-refractivity contribution in [2.45, 2.75) is 38.9 Å². The third-order valence-electron chi connectivity index (χ3n) is 4.79. The van der Waals surface area contributed by atoms with Crippen LogP contribution in [-0.4, -0.2) is 22.1 Å². The quantitative estimate of drug-likeness (QED) is 0.610. The standard InChI is InChI=1S/C22H23N3O2.ClH/c1-26-14-16-10-17(13-23-12-16)20-11-22(25-21-8-3-2-7-19(20)21)27-15-18-6-4-5-9-24-18;/h4-6,9-13H,2-3,7-8,14-15H2,1H3;1H. The van der Waals surface area contributed by atoms with Gasteiger partial charge in [-0.05, 0) is 60.6 Å². The highest BCUT2D eigenvalue weighted by Crippen LogP contribution is 2.33. The molecule has 6 heteroatoms. The predicted octanol–water partition coefficient (Wildman–Crippen LogP) is 4.56. The van der Waals surface area contributed by atoms with Gasteiger partial charge in [-0.1, -0.05) is 6.07 Å². The molecule has 0 saturated heterocycles. The molecule has 0 aliphatic heterocycles. The zero-order valence-electron chi connectivity index (χ0n) is 15.9. The smallest absolute Gasteiger partial charge is 0.214 e. The molecule has 0 spiro atoms. The van der Waals surface area contributed by atoms with Gasteiger partial charge in [0.25, 0.3) is 0 Å². The molecule has 0 fully saturated rings. The highest BCUT2D eigenvalue weighted by molar-refractivity contribution is 5.85. The Balaban J connectivity index is 0.00000225. The van der Waals surface area contributed by atoms with E-state index in [1.54, 1.807) is 13.3 Å². The topological polar surface area (TPSA) is 57.1 Å². The maximum absolute atomic E-state index is 5.98. The zero-order valence-corrected chi connectivity index (χ0v) is 16.7. The molecule has 1 aliphatic carbocycles. The van der Waals surface area contributed by atoms with Gasteiger partial charge in [0.2, 0.25) is 5.88 Å². The Bertz CT molecular complexity index is 919. The highest BCUT2D eigenvalue weighted by Gasteiger charge is 2.18. The number of halogens is 1. The zero-order chi connectivity index (χ0) is 18.5. The largest absolute Gasteiger partial charge is 0.471 e. The molecule has 0 saturated carbocycles. The van der Waals surface area contributed by atoms with Crippen molar-refractivity contribution < 1.29 is 9.47 Å². The second-order valence-electron chi connectivity index (χ2n) is 6.77. The van der Waals surface area contributed by atoms with E-state index in [0.29, 0.717) is 19.1 Å². The van der Waals surface area contributed by atoms with Crippen LogP contribution in [0.1, 0.15) is 35.4 Å². The van der Waals surface area contributed by atoms with Gasteiger partial charge in [-0.15, -0.1) is 12.4 Å². The van der Waals surface area contributed by atoms with Gasteiger partial charge in [0.05, 0.1) is 12.3 Å². The molecule has 28 heavy (non-hydrogen) atoms. The van der Waals surface area contributed by atoms with Gasteiger partial charge in [0, 0.05) is 43.0 Å². The summed E-state index contributed by atoms with van der Waals surface area (Å²) < 4.78 is 11.2. The maximum atomic E-state index is 5.98. The van der Waals surface area contributed by atoms with Crippen LogP contribution in [0.4, 0.5) is 0 Å². The summed E-state index contributed by atoms with van der Waals surface area (Å²) in [4.78, 5) is 13.5. The first-order chi connectivity index (χ1) is 13.3. The second kappa shape index (κ2) is 9.62. The van der Waals surface area contributed by atoms with E-state index in [4.69, 9.17) is 14.5 Å². The van der Waals surface area contributed by atoms with Crippen LogP contribution in [0.3, 0.4) is 0 Å². The third kappa shape index (κ3) is 4.66. The number of pyridine rings is 3. The number of fused-ring (bicyclic) bond motifs is 1. The van der Waals surface area contributed by atoms with Gasteiger partial charge in [-0.3, -0.25) is 9.97 Å². The van der Waals surface area contributed by atoms with E-state index < -0.39 is 0 Å². The van der Waals surface area contributed by atoms with E-state index in [0.717, 1.165) is 35.4 Å². The van der Waals surface area contributed by atoms with E-state index in [-0.39, 0.29) is 12.4 Å². The summed E-state index contributed by atoms with van der Waals surface area (Å²) in [5.74, 6) is 0.647. The lowest BCUT2D eigenvalue weighted by Crippen LogP contribution is -2.09. The average molecular weight is 398 g/mol. The average Bonchev–Trinajstić information content (AvgIpc) is 2.73. The molecule has 3 aromatic heterocycles. The Morgan fingerprint density at radius 1 is 1.04 bits per heavy atom. The van der Waals surface area contributed by atoms with Crippen molar-refractivity contribution >= 4 is 12.4 Å². The Morgan fingerprint density at radius 2 is 1.93 bits per heavy atom. The van der Waals surface area contributed by atoms with Crippen molar-refractivity contribution in [3.8, 4) is 17.0 Å². The Kier molecular flexibility index (Phi) is 6.95. The lowest BCUT2D eigenvalue weighted by Gasteiger charge is -2.20. The van der Waals surface area contributed by atoms with Crippen molar-refractivity contribution in [3.63, 3.8) is 0 Å². The molecule has 0 bridgehead atoms. The number of nitrogens with zero attached hydrogens (tertiary/aromatic N) is 3. The van der Waals surface area contributed by atoms with E-state index in [1.165, 1.54) is 24.0 Å². The number of methoxy groups -OCH3 is 1. The molecule has 146 valence electrons. The van der Waals surface area contributed by atoms with Crippen LogP contribution in [0.2, 0.25) is 0 Å². The first-order valence-corrected chi connectivity index (χ1v) is 9.32. The fraction of sp³-hybridized carbons (Fsp3) is 0.318. The summed E-state index contributed by atoms with van der Waals surface area (Å²) in [7, 11) is 1.70. The lowest BCUT2D eigenvalue weighted by atomic mass is 9.89. The number of aromatic nitrogens is 3. The molecule has 0 radical (unpaired) electrons. The summed E-state index contributed by atoms with van der Waals surface area (Å²) in [6.45, 7) is 0.963. The summed E-state index contributed by atoms with van der Waals surface area (Å²) in [6, 6.07) is 10.0. The SMILES string of the molecule is COCc1cncc(-c2cc(OCc3ccccn3)nc3c2CCCC3)c1.Cl. The van der Waals surface area contributed by atoms with E-state index in [2.05, 4.69) is 16.0 Å². The van der Waals surface area contributed by atoms with Gasteiger partial charge in [0.15, 0.2) is 0 Å². The van der Waals surface area contributed by atoms with Crippen LogP contribution in [0, 0.1) is 0 Å².